The van der Waals surface area contributed by atoms with Crippen LogP contribution in [0.1, 0.15) is 0 Å². The molecule has 0 bridgehead atoms. The minimum atomic E-state index is -8.63. The van der Waals surface area contributed by atoms with E-state index in [0.717, 1.165) is 0 Å². The standard InChI is InChI=1S/C9HF17O.C6H6O3S.Na/c10-1(2(11)27)3(12,13)4(14,15)5(16,17)6(18,19)7(20,21)8(22,23)9(24,25)26;7-10(8,9)6-4-2-1-3-5-6;/h27H;1-5H,(H,7,8,9);/q;;+1/p-1. The molecule has 0 saturated carbocycles. The van der Waals surface area contributed by atoms with Crippen LogP contribution in [0.2, 0.25) is 0 Å². The quantitative estimate of drug-likeness (QED) is 0.218. The van der Waals surface area contributed by atoms with E-state index in [1.807, 2.05) is 0 Å². The molecular weight excluding hydrogens is 622 g/mol. The van der Waals surface area contributed by atoms with Gasteiger partial charge in [-0.15, -0.1) is 0 Å². The van der Waals surface area contributed by atoms with E-state index in [1.165, 1.54) is 12.1 Å². The molecule has 1 aromatic rings. The van der Waals surface area contributed by atoms with Gasteiger partial charge in [0.2, 0.25) is 0 Å². The van der Waals surface area contributed by atoms with Crippen molar-refractivity contribution in [1.82, 2.24) is 0 Å². The van der Waals surface area contributed by atoms with Crippen LogP contribution in [0.3, 0.4) is 0 Å². The van der Waals surface area contributed by atoms with Crippen LogP contribution in [0.25, 0.3) is 0 Å². The van der Waals surface area contributed by atoms with Crippen molar-refractivity contribution < 1.29 is 122 Å². The molecule has 4 nitrogen and oxygen atoms in total. The van der Waals surface area contributed by atoms with E-state index < -0.39 is 63.7 Å². The van der Waals surface area contributed by atoms with Crippen LogP contribution in [0.15, 0.2) is 47.1 Å². The van der Waals surface area contributed by atoms with Crippen molar-refractivity contribution in [1.29, 1.82) is 0 Å². The maximum absolute atomic E-state index is 12.9. The number of allylic oxidation sites excluding steroid dienone is 1. The Morgan fingerprint density at radius 2 is 0.947 bits per heavy atom. The number of halogens is 17. The Kier molecular flexibility index (Phi) is 11.7. The predicted octanol–water partition coefficient (Wildman–Crippen LogP) is 2.77. The van der Waals surface area contributed by atoms with Gasteiger partial charge in [0.15, 0.2) is 5.83 Å². The first-order valence-corrected chi connectivity index (χ1v) is 9.49. The molecule has 0 unspecified atom stereocenters. The summed E-state index contributed by atoms with van der Waals surface area (Å²) in [5.74, 6) is -54.6. The smallest absolute Gasteiger partial charge is 0.849 e. The molecule has 0 fully saturated rings. The van der Waals surface area contributed by atoms with Crippen LogP contribution in [-0.2, 0) is 10.1 Å². The van der Waals surface area contributed by atoms with E-state index in [-0.39, 0.29) is 34.5 Å². The molecule has 0 atom stereocenters. The van der Waals surface area contributed by atoms with Gasteiger partial charge in [0.25, 0.3) is 10.1 Å². The van der Waals surface area contributed by atoms with Gasteiger partial charge in [-0.05, 0) is 12.1 Å². The Labute approximate surface area is 221 Å². The zero-order valence-electron chi connectivity index (χ0n) is 17.4. The third kappa shape index (κ3) is 6.61. The minimum absolute atomic E-state index is 0. The predicted molar refractivity (Wildman–Crippen MR) is 81.2 cm³/mol. The topological polar surface area (TPSA) is 77.4 Å². The molecule has 0 radical (unpaired) electrons. The van der Waals surface area contributed by atoms with Gasteiger partial charge in [0.1, 0.15) is 0 Å². The Morgan fingerprint density at radius 1 is 0.632 bits per heavy atom. The van der Waals surface area contributed by atoms with Crippen LogP contribution >= 0.6 is 0 Å². The van der Waals surface area contributed by atoms with E-state index in [9.17, 15) is 88.2 Å². The molecule has 1 rings (SSSR count). The van der Waals surface area contributed by atoms with E-state index >= 15 is 0 Å². The monoisotopic (exact) mass is 628 g/mol. The first-order valence-electron chi connectivity index (χ1n) is 8.05. The first kappa shape index (κ1) is 38.6. The normalized spacial score (nSPS) is 15.1. The number of hydrogen-bond donors (Lipinski definition) is 1. The molecular formula is C15H6F17NaO4S. The summed E-state index contributed by atoms with van der Waals surface area (Å²) in [5.41, 5.74) is 0. The summed E-state index contributed by atoms with van der Waals surface area (Å²) in [6.07, 6.45) is -7.78. The second-order valence-corrected chi connectivity index (χ2v) is 7.74. The molecule has 0 amide bonds. The Morgan fingerprint density at radius 3 is 1.21 bits per heavy atom. The second-order valence-electron chi connectivity index (χ2n) is 6.32. The molecule has 0 saturated heterocycles. The summed E-state index contributed by atoms with van der Waals surface area (Å²) in [5, 5.41) is 9.56. The van der Waals surface area contributed by atoms with E-state index in [1.54, 1.807) is 18.2 Å². The summed E-state index contributed by atoms with van der Waals surface area (Å²) in [4.78, 5) is -0.0741. The van der Waals surface area contributed by atoms with Gasteiger partial charge in [0, 0.05) is 0 Å². The zero-order valence-corrected chi connectivity index (χ0v) is 20.2. The van der Waals surface area contributed by atoms with Crippen LogP contribution in [0.4, 0.5) is 74.6 Å². The van der Waals surface area contributed by atoms with Gasteiger partial charge in [-0.2, -0.15) is 74.3 Å². The van der Waals surface area contributed by atoms with Gasteiger partial charge >= 0.3 is 71.3 Å². The fourth-order valence-corrected chi connectivity index (χ4v) is 2.32. The van der Waals surface area contributed by atoms with Crippen molar-refractivity contribution in [2.24, 2.45) is 0 Å². The molecule has 0 heterocycles. The Bertz CT molecular complexity index is 1080. The molecule has 23 heteroatoms. The molecule has 1 aromatic carbocycles. The van der Waals surface area contributed by atoms with Gasteiger partial charge in [-0.1, -0.05) is 18.2 Å². The van der Waals surface area contributed by atoms with Crippen LogP contribution in [0.5, 0.6) is 0 Å². The number of benzene rings is 1. The maximum atomic E-state index is 12.9. The fraction of sp³-hybridized carbons (Fsp3) is 0.467. The molecule has 0 aromatic heterocycles. The fourth-order valence-electron chi connectivity index (χ4n) is 1.82. The molecule has 38 heavy (non-hydrogen) atoms. The van der Waals surface area contributed by atoms with Gasteiger partial charge in [-0.25, -0.2) is 8.78 Å². The third-order valence-corrected chi connectivity index (χ3v) is 4.68. The SMILES string of the molecule is O=S(=O)(O)c1ccccc1.[Na+].[O-]C(F)=C(F)C(F)(F)C(F)(F)C(F)(F)C(F)(F)C(F)(F)C(F)(F)C(F)(F)F. The Balaban J connectivity index is 0. The van der Waals surface area contributed by atoms with Crippen molar-refractivity contribution >= 4 is 10.1 Å². The van der Waals surface area contributed by atoms with E-state index in [2.05, 4.69) is 0 Å². The van der Waals surface area contributed by atoms with Crippen molar-refractivity contribution in [2.45, 2.75) is 46.6 Å². The molecule has 0 aliphatic rings. The van der Waals surface area contributed by atoms with E-state index in [4.69, 9.17) is 4.55 Å². The van der Waals surface area contributed by atoms with Crippen molar-refractivity contribution in [3.63, 3.8) is 0 Å². The molecule has 216 valence electrons. The molecule has 0 aliphatic heterocycles. The van der Waals surface area contributed by atoms with E-state index in [0.29, 0.717) is 0 Å². The van der Waals surface area contributed by atoms with Crippen molar-refractivity contribution in [3.8, 4) is 0 Å². The molecule has 0 aliphatic carbocycles. The summed E-state index contributed by atoms with van der Waals surface area (Å²) in [6, 6.07) is 3.14. The summed E-state index contributed by atoms with van der Waals surface area (Å²) in [7, 11) is -4.00. The Hall–Kier alpha value is -1.52. The van der Waals surface area contributed by atoms with Crippen molar-refractivity contribution in [3.05, 3.63) is 42.2 Å². The second kappa shape index (κ2) is 11.5. The van der Waals surface area contributed by atoms with Crippen molar-refractivity contribution in [2.75, 3.05) is 0 Å². The van der Waals surface area contributed by atoms with Crippen LogP contribution < -0.4 is 34.7 Å². The summed E-state index contributed by atoms with van der Waals surface area (Å²) < 4.78 is 241. The zero-order chi connectivity index (χ0) is 30.3. The third-order valence-electron chi connectivity index (χ3n) is 3.82. The van der Waals surface area contributed by atoms with Gasteiger partial charge in [-0.3, -0.25) is 4.55 Å². The molecule has 1 N–H and O–H groups in total. The summed E-state index contributed by atoms with van der Waals surface area (Å²) in [6.45, 7) is 0. The van der Waals surface area contributed by atoms with Gasteiger partial charge in [0.05, 0.1) is 10.9 Å². The minimum Gasteiger partial charge on any atom is -0.849 e. The number of rotatable bonds is 7. The largest absolute Gasteiger partial charge is 1.00 e. The number of hydrogen-bond acceptors (Lipinski definition) is 3. The van der Waals surface area contributed by atoms with Gasteiger partial charge < -0.3 is 5.11 Å². The maximum Gasteiger partial charge on any atom is 1.00 e. The summed E-state index contributed by atoms with van der Waals surface area (Å²) >= 11 is 0. The molecule has 0 spiro atoms. The van der Waals surface area contributed by atoms with Crippen LogP contribution in [0, 0.1) is 0 Å². The average molecular weight is 628 g/mol. The number of alkyl halides is 15. The average Bonchev–Trinajstić information content (AvgIpc) is 2.72. The first-order chi connectivity index (χ1) is 16.0. The van der Waals surface area contributed by atoms with Crippen LogP contribution in [-0.4, -0.2) is 54.7 Å².